The minimum atomic E-state index is -4.64. The van der Waals surface area contributed by atoms with Gasteiger partial charge in [-0.15, -0.1) is 0 Å². The van der Waals surface area contributed by atoms with Gasteiger partial charge in [0, 0.05) is 17.2 Å². The summed E-state index contributed by atoms with van der Waals surface area (Å²) >= 11 is 0. The molecule has 0 aliphatic heterocycles. The maximum absolute atomic E-state index is 13.8. The molecule has 0 aliphatic rings. The van der Waals surface area contributed by atoms with Gasteiger partial charge < -0.3 is 11.5 Å². The van der Waals surface area contributed by atoms with Gasteiger partial charge in [0.25, 0.3) is 5.91 Å². The molecule has 4 nitrogen and oxygen atoms in total. The standard InChI is InChI=1S/C24H22F3N3O/c1-14-6-3-4-9-19(14)20-11-10-18(13-21(20)24(25,26)27)23(31)30-22(29)17-8-5-7-16(12-17)15(2)28/h3-13,15H,28H2,1-2H3,(H2,29,30,31). The fourth-order valence-electron chi connectivity index (χ4n) is 3.24. The molecule has 0 spiro atoms. The molecule has 7 heteroatoms. The van der Waals surface area contributed by atoms with Crippen LogP contribution in [0.1, 0.15) is 45.6 Å². The van der Waals surface area contributed by atoms with Crippen LogP contribution in [-0.4, -0.2) is 11.7 Å². The van der Waals surface area contributed by atoms with Crippen LogP contribution in [0.4, 0.5) is 13.2 Å². The van der Waals surface area contributed by atoms with Crippen LogP contribution in [0.3, 0.4) is 0 Å². The van der Waals surface area contributed by atoms with Crippen molar-refractivity contribution in [1.82, 2.24) is 0 Å². The maximum Gasteiger partial charge on any atom is 0.417 e. The van der Waals surface area contributed by atoms with Crippen LogP contribution in [0, 0.1) is 6.92 Å². The highest BCUT2D eigenvalue weighted by molar-refractivity contribution is 6.09. The molecule has 1 amide bonds. The van der Waals surface area contributed by atoms with E-state index in [0.717, 1.165) is 11.6 Å². The van der Waals surface area contributed by atoms with E-state index < -0.39 is 17.6 Å². The van der Waals surface area contributed by atoms with Crippen molar-refractivity contribution < 1.29 is 18.0 Å². The number of amides is 1. The minimum Gasteiger partial charge on any atom is -0.383 e. The van der Waals surface area contributed by atoms with Crippen molar-refractivity contribution in [3.05, 3.63) is 94.5 Å². The Balaban J connectivity index is 2.01. The molecule has 3 aromatic carbocycles. The molecule has 0 aliphatic carbocycles. The predicted octanol–water partition coefficient (Wildman–Crippen LogP) is 5.25. The largest absolute Gasteiger partial charge is 0.417 e. The summed E-state index contributed by atoms with van der Waals surface area (Å²) in [5.41, 5.74) is 13.1. The van der Waals surface area contributed by atoms with E-state index in [1.165, 1.54) is 12.1 Å². The van der Waals surface area contributed by atoms with E-state index in [4.69, 9.17) is 11.5 Å². The van der Waals surface area contributed by atoms with Crippen LogP contribution >= 0.6 is 0 Å². The second-order valence-corrected chi connectivity index (χ2v) is 7.29. The van der Waals surface area contributed by atoms with Crippen molar-refractivity contribution in [3.63, 3.8) is 0 Å². The third-order valence-electron chi connectivity index (χ3n) is 4.94. The third-order valence-corrected chi connectivity index (χ3v) is 4.94. The lowest BCUT2D eigenvalue weighted by Gasteiger charge is -2.15. The Kier molecular flexibility index (Phi) is 6.27. The van der Waals surface area contributed by atoms with E-state index in [0.29, 0.717) is 16.7 Å². The number of hydrogen-bond acceptors (Lipinski definition) is 2. The van der Waals surface area contributed by atoms with E-state index in [-0.39, 0.29) is 23.0 Å². The van der Waals surface area contributed by atoms with Crippen molar-refractivity contribution in [2.24, 2.45) is 16.5 Å². The molecule has 1 atom stereocenters. The molecule has 31 heavy (non-hydrogen) atoms. The van der Waals surface area contributed by atoms with Gasteiger partial charge in [-0.25, -0.2) is 0 Å². The number of aliphatic imine (C=N–C) groups is 1. The Morgan fingerprint density at radius 2 is 1.65 bits per heavy atom. The number of hydrogen-bond donors (Lipinski definition) is 2. The monoisotopic (exact) mass is 425 g/mol. The van der Waals surface area contributed by atoms with Crippen molar-refractivity contribution in [2.45, 2.75) is 26.1 Å². The van der Waals surface area contributed by atoms with Gasteiger partial charge in [-0.2, -0.15) is 18.2 Å². The summed E-state index contributed by atoms with van der Waals surface area (Å²) in [6.45, 7) is 3.53. The lowest BCUT2D eigenvalue weighted by atomic mass is 9.94. The molecular formula is C24H22F3N3O. The minimum absolute atomic E-state index is 0.00346. The lowest BCUT2D eigenvalue weighted by Crippen LogP contribution is -2.17. The number of benzene rings is 3. The summed E-state index contributed by atoms with van der Waals surface area (Å²) in [6, 6.07) is 16.8. The lowest BCUT2D eigenvalue weighted by molar-refractivity contribution is -0.137. The van der Waals surface area contributed by atoms with E-state index in [2.05, 4.69) is 4.99 Å². The Labute approximate surface area is 178 Å². The van der Waals surface area contributed by atoms with E-state index in [1.807, 2.05) is 6.07 Å². The van der Waals surface area contributed by atoms with Crippen molar-refractivity contribution in [2.75, 3.05) is 0 Å². The summed E-state index contributed by atoms with van der Waals surface area (Å²) in [4.78, 5) is 16.4. The van der Waals surface area contributed by atoms with Gasteiger partial charge in [-0.3, -0.25) is 4.79 Å². The number of rotatable bonds is 4. The summed E-state index contributed by atoms with van der Waals surface area (Å²) in [6.07, 6.45) is -4.64. The molecule has 160 valence electrons. The van der Waals surface area contributed by atoms with E-state index in [9.17, 15) is 18.0 Å². The van der Waals surface area contributed by atoms with E-state index in [1.54, 1.807) is 56.3 Å². The number of alkyl halides is 3. The smallest absolute Gasteiger partial charge is 0.383 e. The Morgan fingerprint density at radius 1 is 0.935 bits per heavy atom. The number of halogens is 3. The number of carbonyl (C=O) groups is 1. The van der Waals surface area contributed by atoms with Gasteiger partial charge in [0.1, 0.15) is 5.84 Å². The molecule has 0 bridgehead atoms. The van der Waals surface area contributed by atoms with Crippen LogP contribution in [0.2, 0.25) is 0 Å². The van der Waals surface area contributed by atoms with Crippen LogP contribution in [-0.2, 0) is 6.18 Å². The van der Waals surface area contributed by atoms with Gasteiger partial charge in [-0.1, -0.05) is 48.5 Å². The Morgan fingerprint density at radius 3 is 2.29 bits per heavy atom. The first kappa shape index (κ1) is 22.2. The van der Waals surface area contributed by atoms with E-state index >= 15 is 0 Å². The molecule has 4 N–H and O–H groups in total. The highest BCUT2D eigenvalue weighted by Crippen LogP contribution is 2.38. The topological polar surface area (TPSA) is 81.5 Å². The maximum atomic E-state index is 13.8. The molecule has 3 rings (SSSR count). The summed E-state index contributed by atoms with van der Waals surface area (Å²) in [5.74, 6) is -0.949. The highest BCUT2D eigenvalue weighted by Gasteiger charge is 2.34. The second-order valence-electron chi connectivity index (χ2n) is 7.29. The van der Waals surface area contributed by atoms with Gasteiger partial charge in [-0.05, 0) is 54.3 Å². The number of nitrogens with two attached hydrogens (primary N) is 2. The molecule has 0 saturated carbocycles. The fourth-order valence-corrected chi connectivity index (χ4v) is 3.24. The molecule has 0 aromatic heterocycles. The molecule has 0 heterocycles. The van der Waals surface area contributed by atoms with Crippen LogP contribution in [0.5, 0.6) is 0 Å². The first-order valence-electron chi connectivity index (χ1n) is 9.59. The molecular weight excluding hydrogens is 403 g/mol. The summed E-state index contributed by atoms with van der Waals surface area (Å²) in [5, 5.41) is 0. The fraction of sp³-hybridized carbons (Fsp3) is 0.167. The highest BCUT2D eigenvalue weighted by atomic mass is 19.4. The van der Waals surface area contributed by atoms with Crippen molar-refractivity contribution >= 4 is 11.7 Å². The third kappa shape index (κ3) is 5.00. The van der Waals surface area contributed by atoms with Crippen LogP contribution < -0.4 is 11.5 Å². The summed E-state index contributed by atoms with van der Waals surface area (Å²) < 4.78 is 41.3. The average molecular weight is 425 g/mol. The zero-order valence-corrected chi connectivity index (χ0v) is 17.1. The van der Waals surface area contributed by atoms with Gasteiger partial charge in [0.15, 0.2) is 0 Å². The zero-order valence-electron chi connectivity index (χ0n) is 17.1. The molecule has 0 saturated heterocycles. The van der Waals surface area contributed by atoms with Gasteiger partial charge in [0.05, 0.1) is 5.56 Å². The number of nitrogens with zero attached hydrogens (tertiary/aromatic N) is 1. The summed E-state index contributed by atoms with van der Waals surface area (Å²) in [7, 11) is 0. The predicted molar refractivity (Wildman–Crippen MR) is 116 cm³/mol. The van der Waals surface area contributed by atoms with Crippen molar-refractivity contribution in [3.8, 4) is 11.1 Å². The molecule has 0 radical (unpaired) electrons. The first-order valence-corrected chi connectivity index (χ1v) is 9.59. The normalized spacial score (nSPS) is 13.2. The van der Waals surface area contributed by atoms with Gasteiger partial charge in [0.2, 0.25) is 0 Å². The first-order chi connectivity index (χ1) is 14.6. The van der Waals surface area contributed by atoms with Crippen molar-refractivity contribution in [1.29, 1.82) is 0 Å². The van der Waals surface area contributed by atoms with Gasteiger partial charge >= 0.3 is 6.18 Å². The molecule has 1 unspecified atom stereocenters. The SMILES string of the molecule is Cc1ccccc1-c1ccc(C(=O)N=C(N)c2cccc(C(C)N)c2)cc1C(F)(F)F. The van der Waals surface area contributed by atoms with Crippen LogP contribution in [0.15, 0.2) is 71.7 Å². The molecule has 3 aromatic rings. The van der Waals surface area contributed by atoms with Crippen LogP contribution in [0.25, 0.3) is 11.1 Å². The number of carbonyl (C=O) groups excluding carboxylic acids is 1. The average Bonchev–Trinajstić information content (AvgIpc) is 2.73. The second kappa shape index (κ2) is 8.73. The number of aryl methyl sites for hydroxylation is 1. The molecule has 0 fully saturated rings. The Bertz CT molecular complexity index is 1150. The number of amidine groups is 1. The quantitative estimate of drug-likeness (QED) is 0.443. The zero-order chi connectivity index (χ0) is 22.8. The Hall–Kier alpha value is -3.45.